The van der Waals surface area contributed by atoms with Crippen molar-refractivity contribution < 1.29 is 22.0 Å². The lowest BCUT2D eigenvalue weighted by Crippen LogP contribution is -2.28. The maximum atomic E-state index is 13.1. The highest BCUT2D eigenvalue weighted by Gasteiger charge is 2.17. The molecule has 7 nitrogen and oxygen atoms in total. The van der Waals surface area contributed by atoms with E-state index in [1.807, 2.05) is 0 Å². The van der Waals surface area contributed by atoms with E-state index in [1.54, 1.807) is 29.6 Å². The third kappa shape index (κ3) is 5.90. The second-order valence-corrected chi connectivity index (χ2v) is 8.62. The molecule has 0 fully saturated rings. The van der Waals surface area contributed by atoms with Gasteiger partial charge in [-0.25, -0.2) is 22.6 Å². The summed E-state index contributed by atoms with van der Waals surface area (Å²) in [5.41, 5.74) is 0.959. The molecule has 27 heavy (non-hydrogen) atoms. The van der Waals surface area contributed by atoms with Gasteiger partial charge in [0.1, 0.15) is 17.3 Å². The summed E-state index contributed by atoms with van der Waals surface area (Å²) in [6.45, 7) is 0.152. The minimum absolute atomic E-state index is 0.152. The number of thiazole rings is 1. The molecule has 0 aliphatic carbocycles. The molecule has 2 amide bonds. The lowest BCUT2D eigenvalue weighted by molar-refractivity contribution is 0.251. The second kappa shape index (κ2) is 8.31. The lowest BCUT2D eigenvalue weighted by Gasteiger charge is -2.05. The van der Waals surface area contributed by atoms with Crippen LogP contribution in [0.1, 0.15) is 17.0 Å². The number of furan rings is 1. The Balaban J connectivity index is 1.52. The van der Waals surface area contributed by atoms with Crippen LogP contribution in [0.15, 0.2) is 52.5 Å². The maximum Gasteiger partial charge on any atom is 0.321 e. The predicted octanol–water partition coefficient (Wildman–Crippen LogP) is 3.31. The molecule has 1 aromatic carbocycles. The number of halogens is 1. The van der Waals surface area contributed by atoms with Crippen LogP contribution in [-0.2, 0) is 27.9 Å². The van der Waals surface area contributed by atoms with Gasteiger partial charge in [0.2, 0.25) is 0 Å². The van der Waals surface area contributed by atoms with E-state index in [0.29, 0.717) is 17.0 Å². The van der Waals surface area contributed by atoms with Crippen molar-refractivity contribution in [2.45, 2.75) is 18.1 Å². The molecule has 2 aromatic heterocycles. The zero-order chi connectivity index (χ0) is 19.3. The van der Waals surface area contributed by atoms with Crippen molar-refractivity contribution in [1.82, 2.24) is 10.3 Å². The van der Waals surface area contributed by atoms with E-state index in [0.717, 1.165) is 11.3 Å². The van der Waals surface area contributed by atoms with Crippen molar-refractivity contribution in [3.05, 3.63) is 70.9 Å². The van der Waals surface area contributed by atoms with Crippen molar-refractivity contribution in [2.24, 2.45) is 0 Å². The number of sulfone groups is 1. The number of hydrogen-bond acceptors (Lipinski definition) is 6. The standard InChI is InChI=1S/C17H16FN3O4S2/c18-13-4-1-3-12(7-13)8-19-16(22)21-17-20-14(9-26-17)10-27(23,24)11-15-5-2-6-25-15/h1-7,9H,8,10-11H2,(H2,19,20,21,22). The van der Waals surface area contributed by atoms with Gasteiger partial charge >= 0.3 is 6.03 Å². The number of carbonyl (C=O) groups is 1. The van der Waals surface area contributed by atoms with Crippen molar-refractivity contribution in [3.63, 3.8) is 0 Å². The molecule has 0 aliphatic heterocycles. The average Bonchev–Trinajstić information content (AvgIpc) is 3.24. The highest BCUT2D eigenvalue weighted by molar-refractivity contribution is 7.89. The molecule has 0 spiro atoms. The van der Waals surface area contributed by atoms with Crippen LogP contribution < -0.4 is 10.6 Å². The molecule has 0 aliphatic rings. The fourth-order valence-corrected chi connectivity index (χ4v) is 4.40. The Kier molecular flexibility index (Phi) is 5.87. The van der Waals surface area contributed by atoms with E-state index in [-0.39, 0.29) is 29.0 Å². The smallest absolute Gasteiger partial charge is 0.321 e. The van der Waals surface area contributed by atoms with Gasteiger partial charge in [0.15, 0.2) is 15.0 Å². The van der Waals surface area contributed by atoms with E-state index < -0.39 is 15.9 Å². The molecule has 0 atom stereocenters. The van der Waals surface area contributed by atoms with E-state index in [4.69, 9.17) is 4.42 Å². The highest BCUT2D eigenvalue weighted by atomic mass is 32.2. The third-order valence-electron chi connectivity index (χ3n) is 3.42. The zero-order valence-electron chi connectivity index (χ0n) is 14.0. The molecule has 2 N–H and O–H groups in total. The van der Waals surface area contributed by atoms with Crippen LogP contribution in [0.2, 0.25) is 0 Å². The summed E-state index contributed by atoms with van der Waals surface area (Å²) in [4.78, 5) is 16.0. The largest absolute Gasteiger partial charge is 0.468 e. The first-order valence-corrected chi connectivity index (χ1v) is 10.6. The number of rotatable bonds is 7. The second-order valence-electron chi connectivity index (χ2n) is 5.69. The highest BCUT2D eigenvalue weighted by Crippen LogP contribution is 2.19. The molecule has 10 heteroatoms. The fraction of sp³-hybridized carbons (Fsp3) is 0.176. The van der Waals surface area contributed by atoms with Crippen LogP contribution in [0.3, 0.4) is 0 Å². The summed E-state index contributed by atoms with van der Waals surface area (Å²) in [6.07, 6.45) is 1.41. The van der Waals surface area contributed by atoms with Crippen LogP contribution in [0, 0.1) is 5.82 Å². The molecule has 0 saturated heterocycles. The molecule has 2 heterocycles. The van der Waals surface area contributed by atoms with E-state index in [1.165, 1.54) is 18.4 Å². The Labute approximate surface area is 159 Å². The molecule has 0 radical (unpaired) electrons. The van der Waals surface area contributed by atoms with E-state index >= 15 is 0 Å². The third-order valence-corrected chi connectivity index (χ3v) is 5.69. The number of benzene rings is 1. The quantitative estimate of drug-likeness (QED) is 0.623. The summed E-state index contributed by atoms with van der Waals surface area (Å²) in [5.74, 6) is -0.485. The molecular weight excluding hydrogens is 393 g/mol. The monoisotopic (exact) mass is 409 g/mol. The summed E-state index contributed by atoms with van der Waals surface area (Å²) >= 11 is 1.12. The number of anilines is 1. The van der Waals surface area contributed by atoms with Crippen LogP contribution >= 0.6 is 11.3 Å². The van der Waals surface area contributed by atoms with Crippen molar-refractivity contribution in [2.75, 3.05) is 5.32 Å². The predicted molar refractivity (Wildman–Crippen MR) is 99.4 cm³/mol. The Morgan fingerprint density at radius 3 is 2.81 bits per heavy atom. The molecular formula is C17H16FN3O4S2. The minimum Gasteiger partial charge on any atom is -0.468 e. The van der Waals surface area contributed by atoms with Crippen LogP contribution in [0.4, 0.5) is 14.3 Å². The van der Waals surface area contributed by atoms with E-state index in [9.17, 15) is 17.6 Å². The molecule has 3 rings (SSSR count). The number of hydrogen-bond donors (Lipinski definition) is 2. The number of urea groups is 1. The summed E-state index contributed by atoms with van der Waals surface area (Å²) in [5, 5.41) is 6.95. The molecule has 0 bridgehead atoms. The van der Waals surface area contributed by atoms with Crippen LogP contribution in [-0.4, -0.2) is 19.4 Å². The van der Waals surface area contributed by atoms with Gasteiger partial charge in [0.25, 0.3) is 0 Å². The first-order valence-electron chi connectivity index (χ1n) is 7.86. The first kappa shape index (κ1) is 19.1. The normalized spacial score (nSPS) is 11.3. The van der Waals surface area contributed by atoms with E-state index in [2.05, 4.69) is 15.6 Å². The molecule has 0 saturated carbocycles. The Bertz CT molecular complexity index is 1020. The SMILES string of the molecule is O=C(NCc1cccc(F)c1)Nc1nc(CS(=O)(=O)Cc2ccco2)cs1. The number of nitrogens with zero attached hydrogens (tertiary/aromatic N) is 1. The number of amides is 2. The summed E-state index contributed by atoms with van der Waals surface area (Å²) in [7, 11) is -3.44. The van der Waals surface area contributed by atoms with Gasteiger partial charge in [-0.15, -0.1) is 11.3 Å². The Morgan fingerprint density at radius 1 is 1.22 bits per heavy atom. The summed E-state index contributed by atoms with van der Waals surface area (Å²) < 4.78 is 42.5. The summed E-state index contributed by atoms with van der Waals surface area (Å²) in [6, 6.07) is 8.59. The Hall–Kier alpha value is -2.72. The van der Waals surface area contributed by atoms with Gasteiger partial charge in [0, 0.05) is 11.9 Å². The average molecular weight is 409 g/mol. The lowest BCUT2D eigenvalue weighted by atomic mass is 10.2. The van der Waals surface area contributed by atoms with Crippen molar-refractivity contribution in [1.29, 1.82) is 0 Å². The molecule has 142 valence electrons. The number of aromatic nitrogens is 1. The van der Waals surface area contributed by atoms with Gasteiger partial charge in [-0.05, 0) is 29.8 Å². The Morgan fingerprint density at radius 2 is 2.07 bits per heavy atom. The number of carbonyl (C=O) groups excluding carboxylic acids is 1. The van der Waals surface area contributed by atoms with Crippen molar-refractivity contribution >= 4 is 32.3 Å². The topological polar surface area (TPSA) is 101 Å². The molecule has 0 unspecified atom stereocenters. The van der Waals surface area contributed by atoms with Gasteiger partial charge in [-0.3, -0.25) is 5.32 Å². The zero-order valence-corrected chi connectivity index (χ0v) is 15.6. The fourth-order valence-electron chi connectivity index (χ4n) is 2.29. The van der Waals surface area contributed by atoms with Crippen molar-refractivity contribution in [3.8, 4) is 0 Å². The minimum atomic E-state index is -3.44. The first-order chi connectivity index (χ1) is 12.9. The molecule has 3 aromatic rings. The van der Waals surface area contributed by atoms with Gasteiger partial charge < -0.3 is 9.73 Å². The van der Waals surface area contributed by atoms with Gasteiger partial charge in [-0.1, -0.05) is 12.1 Å². The number of nitrogens with one attached hydrogen (secondary N) is 2. The van der Waals surface area contributed by atoms with Crippen LogP contribution in [0.5, 0.6) is 0 Å². The van der Waals surface area contributed by atoms with Crippen LogP contribution in [0.25, 0.3) is 0 Å². The maximum absolute atomic E-state index is 13.1. The van der Waals surface area contributed by atoms with Gasteiger partial charge in [0.05, 0.1) is 17.7 Å². The van der Waals surface area contributed by atoms with Gasteiger partial charge in [-0.2, -0.15) is 0 Å².